The van der Waals surface area contributed by atoms with Crippen LogP contribution in [0.4, 0.5) is 0 Å². The van der Waals surface area contributed by atoms with Crippen LogP contribution in [0.2, 0.25) is 0 Å². The second-order valence-electron chi connectivity index (χ2n) is 12.6. The maximum absolute atomic E-state index is 13.7. The largest absolute Gasteiger partial charge is 0.463 e. The van der Waals surface area contributed by atoms with Crippen molar-refractivity contribution in [1.29, 1.82) is 0 Å². The number of aliphatic hydroxyl groups excluding tert-OH is 1. The number of carbonyl (C=O) groups is 4. The standard InChI is InChI=1S/C41H48N2O7/c1-3-5-8-21-34(23-30-16-9-6-10-17-30)40(47)50-29-37(41(48)49-28-31-18-11-7-12-19-31)42-39(46)33(15-4-2)25-38(45)43-26-35-22-14-13-20-32(35)24-36(43)27-44/h3-4,6-7,9-14,16-20,22,33-34,36-37,44H,1-2,5,8,15,21,23-29H2,(H,42,46)/t33-,34-,36+,37-/m1/s1. The first-order chi connectivity index (χ1) is 24.3. The summed E-state index contributed by atoms with van der Waals surface area (Å²) in [7, 11) is 0. The van der Waals surface area contributed by atoms with Gasteiger partial charge in [-0.3, -0.25) is 14.4 Å². The van der Waals surface area contributed by atoms with Gasteiger partial charge in [0.2, 0.25) is 11.8 Å². The van der Waals surface area contributed by atoms with Crippen LogP contribution < -0.4 is 5.32 Å². The summed E-state index contributed by atoms with van der Waals surface area (Å²) in [5, 5.41) is 12.8. The summed E-state index contributed by atoms with van der Waals surface area (Å²) in [4.78, 5) is 55.8. The highest BCUT2D eigenvalue weighted by molar-refractivity contribution is 5.89. The van der Waals surface area contributed by atoms with E-state index < -0.39 is 48.4 Å². The minimum absolute atomic E-state index is 0.0360. The van der Waals surface area contributed by atoms with E-state index in [-0.39, 0.29) is 32.0 Å². The van der Waals surface area contributed by atoms with E-state index in [1.807, 2.05) is 84.9 Å². The lowest BCUT2D eigenvalue weighted by Crippen LogP contribution is -2.50. The van der Waals surface area contributed by atoms with Gasteiger partial charge in [-0.05, 0) is 60.8 Å². The fourth-order valence-corrected chi connectivity index (χ4v) is 6.14. The van der Waals surface area contributed by atoms with E-state index in [1.165, 1.54) is 0 Å². The Morgan fingerprint density at radius 2 is 1.50 bits per heavy atom. The molecule has 0 saturated heterocycles. The minimum atomic E-state index is -1.31. The Morgan fingerprint density at radius 3 is 2.16 bits per heavy atom. The summed E-state index contributed by atoms with van der Waals surface area (Å²) in [6.45, 7) is 7.19. The first-order valence-electron chi connectivity index (χ1n) is 17.2. The van der Waals surface area contributed by atoms with E-state index in [2.05, 4.69) is 18.5 Å². The molecule has 1 aliphatic heterocycles. The number of benzene rings is 3. The number of hydrogen-bond donors (Lipinski definition) is 2. The molecule has 0 bridgehead atoms. The number of hydrogen-bond acceptors (Lipinski definition) is 7. The Labute approximate surface area is 295 Å². The summed E-state index contributed by atoms with van der Waals surface area (Å²) < 4.78 is 11.3. The zero-order chi connectivity index (χ0) is 35.7. The molecule has 0 fully saturated rings. The molecular weight excluding hydrogens is 632 g/mol. The van der Waals surface area contributed by atoms with Crippen LogP contribution in [0.1, 0.15) is 54.4 Å². The minimum Gasteiger partial charge on any atom is -0.463 e. The molecule has 264 valence electrons. The van der Waals surface area contributed by atoms with Gasteiger partial charge in [0.05, 0.1) is 24.5 Å². The maximum atomic E-state index is 13.7. The molecule has 4 atom stereocenters. The van der Waals surface area contributed by atoms with Crippen molar-refractivity contribution in [3.8, 4) is 0 Å². The van der Waals surface area contributed by atoms with Gasteiger partial charge >= 0.3 is 11.9 Å². The molecule has 50 heavy (non-hydrogen) atoms. The van der Waals surface area contributed by atoms with Gasteiger partial charge in [0.1, 0.15) is 13.2 Å². The lowest BCUT2D eigenvalue weighted by atomic mass is 9.92. The molecule has 4 rings (SSSR count). The Bertz CT molecular complexity index is 1580. The molecule has 3 aromatic rings. The molecule has 3 aromatic carbocycles. The number of esters is 2. The molecule has 9 heteroatoms. The predicted molar refractivity (Wildman–Crippen MR) is 191 cm³/mol. The van der Waals surface area contributed by atoms with Gasteiger partial charge in [-0.15, -0.1) is 13.2 Å². The quantitative estimate of drug-likeness (QED) is 0.0974. The van der Waals surface area contributed by atoms with Crippen molar-refractivity contribution < 1.29 is 33.8 Å². The number of carbonyl (C=O) groups excluding carboxylic acids is 4. The van der Waals surface area contributed by atoms with Crippen LogP contribution in [0.15, 0.2) is 110 Å². The Kier molecular flexibility index (Phi) is 15.0. The summed E-state index contributed by atoms with van der Waals surface area (Å²) in [6, 6.07) is 24.8. The molecule has 0 saturated carbocycles. The Hall–Kier alpha value is -5.02. The molecule has 1 aliphatic rings. The van der Waals surface area contributed by atoms with Crippen LogP contribution in [0.5, 0.6) is 0 Å². The van der Waals surface area contributed by atoms with Crippen molar-refractivity contribution in [3.05, 3.63) is 132 Å². The second kappa shape index (κ2) is 19.8. The van der Waals surface area contributed by atoms with Crippen LogP contribution in [0.3, 0.4) is 0 Å². The molecule has 0 spiro atoms. The third-order valence-corrected chi connectivity index (χ3v) is 8.97. The van der Waals surface area contributed by atoms with E-state index in [1.54, 1.807) is 17.1 Å². The van der Waals surface area contributed by atoms with Gasteiger partial charge in [-0.2, -0.15) is 0 Å². The van der Waals surface area contributed by atoms with Crippen LogP contribution in [-0.2, 0) is 54.6 Å². The number of rotatable bonds is 19. The summed E-state index contributed by atoms with van der Waals surface area (Å²) in [5.74, 6) is -3.43. The molecule has 0 unspecified atom stereocenters. The van der Waals surface area contributed by atoms with E-state index in [0.29, 0.717) is 25.8 Å². The van der Waals surface area contributed by atoms with E-state index in [0.717, 1.165) is 35.1 Å². The van der Waals surface area contributed by atoms with Crippen molar-refractivity contribution in [2.45, 2.75) is 70.2 Å². The highest BCUT2D eigenvalue weighted by atomic mass is 16.6. The highest BCUT2D eigenvalue weighted by Gasteiger charge is 2.34. The summed E-state index contributed by atoms with van der Waals surface area (Å²) in [6.07, 6.45) is 6.38. The average Bonchev–Trinajstić information content (AvgIpc) is 3.14. The van der Waals surface area contributed by atoms with Crippen molar-refractivity contribution in [3.63, 3.8) is 0 Å². The maximum Gasteiger partial charge on any atom is 0.332 e. The number of nitrogens with one attached hydrogen (secondary N) is 1. The number of ether oxygens (including phenoxy) is 2. The SMILES string of the molecule is C=CCCC[C@H](Cc1ccccc1)C(=O)OC[C@@H](NC(=O)[C@H](CC=C)CC(=O)N1Cc2ccccc2C[C@H]1CO)C(=O)OCc1ccccc1. The first-order valence-corrected chi connectivity index (χ1v) is 17.2. The molecule has 2 N–H and O–H groups in total. The summed E-state index contributed by atoms with van der Waals surface area (Å²) >= 11 is 0. The summed E-state index contributed by atoms with van der Waals surface area (Å²) in [5.41, 5.74) is 3.81. The van der Waals surface area contributed by atoms with Crippen molar-refractivity contribution in [1.82, 2.24) is 10.2 Å². The third kappa shape index (κ3) is 11.3. The van der Waals surface area contributed by atoms with Crippen LogP contribution >= 0.6 is 0 Å². The van der Waals surface area contributed by atoms with Crippen molar-refractivity contribution >= 4 is 23.8 Å². The van der Waals surface area contributed by atoms with E-state index in [9.17, 15) is 24.3 Å². The normalized spacial score (nSPS) is 15.5. The van der Waals surface area contributed by atoms with Gasteiger partial charge in [-0.1, -0.05) is 97.1 Å². The fraction of sp³-hybridized carbons (Fsp3) is 0.366. The van der Waals surface area contributed by atoms with Gasteiger partial charge < -0.3 is 24.8 Å². The molecule has 2 amide bonds. The van der Waals surface area contributed by atoms with Gasteiger partial charge in [0, 0.05) is 13.0 Å². The topological polar surface area (TPSA) is 122 Å². The lowest BCUT2D eigenvalue weighted by Gasteiger charge is -2.36. The van der Waals surface area contributed by atoms with E-state index >= 15 is 0 Å². The van der Waals surface area contributed by atoms with Crippen LogP contribution in [0, 0.1) is 11.8 Å². The smallest absolute Gasteiger partial charge is 0.332 e. The number of amides is 2. The number of aliphatic hydroxyl groups is 1. The molecular formula is C41H48N2O7. The zero-order valence-electron chi connectivity index (χ0n) is 28.6. The monoisotopic (exact) mass is 680 g/mol. The number of fused-ring (bicyclic) bond motifs is 1. The fourth-order valence-electron chi connectivity index (χ4n) is 6.14. The first kappa shape index (κ1) is 37.8. The molecule has 0 aromatic heterocycles. The van der Waals surface area contributed by atoms with Crippen molar-refractivity contribution in [2.75, 3.05) is 13.2 Å². The second-order valence-corrected chi connectivity index (χ2v) is 12.6. The molecule has 1 heterocycles. The lowest BCUT2D eigenvalue weighted by molar-refractivity contribution is -0.157. The molecule has 9 nitrogen and oxygen atoms in total. The highest BCUT2D eigenvalue weighted by Crippen LogP contribution is 2.25. The number of nitrogens with zero attached hydrogens (tertiary/aromatic N) is 1. The average molecular weight is 681 g/mol. The third-order valence-electron chi connectivity index (χ3n) is 8.97. The predicted octanol–water partition coefficient (Wildman–Crippen LogP) is 5.50. The van der Waals surface area contributed by atoms with E-state index in [4.69, 9.17) is 9.47 Å². The van der Waals surface area contributed by atoms with Crippen LogP contribution in [-0.4, -0.2) is 59.1 Å². The molecule has 0 radical (unpaired) electrons. The van der Waals surface area contributed by atoms with Gasteiger partial charge in [0.25, 0.3) is 0 Å². The van der Waals surface area contributed by atoms with Crippen molar-refractivity contribution in [2.24, 2.45) is 11.8 Å². The Morgan fingerprint density at radius 1 is 0.840 bits per heavy atom. The van der Waals surface area contributed by atoms with Gasteiger partial charge in [-0.25, -0.2) is 4.79 Å². The van der Waals surface area contributed by atoms with Crippen LogP contribution in [0.25, 0.3) is 0 Å². The Balaban J connectivity index is 1.47. The number of unbranched alkanes of at least 4 members (excludes halogenated alkanes) is 1. The number of allylic oxidation sites excluding steroid dienone is 2. The molecule has 0 aliphatic carbocycles. The zero-order valence-corrected chi connectivity index (χ0v) is 28.6. The van der Waals surface area contributed by atoms with Gasteiger partial charge in [0.15, 0.2) is 6.04 Å².